The second kappa shape index (κ2) is 6.05. The van der Waals surface area contributed by atoms with Gasteiger partial charge in [-0.1, -0.05) is 5.57 Å². The highest BCUT2D eigenvalue weighted by Gasteiger charge is 2.00. The van der Waals surface area contributed by atoms with Crippen LogP contribution in [0.15, 0.2) is 12.2 Å². The Labute approximate surface area is 61.5 Å². The van der Waals surface area contributed by atoms with Crippen LogP contribution in [0.4, 0.5) is 4.39 Å². The van der Waals surface area contributed by atoms with Gasteiger partial charge >= 0.3 is 0 Å². The highest BCUT2D eigenvalue weighted by molar-refractivity contribution is 5.85. The third-order valence-electron chi connectivity index (χ3n) is 0.826. The molecule has 56 valence electrons. The van der Waals surface area contributed by atoms with E-state index in [1.165, 1.54) is 0 Å². The standard InChI is InChI=1S/C6H12FN.ClH/c1-5(2)3-6(7)4-8;/h6H,1,3-4,8H2,2H3;1H. The monoisotopic (exact) mass is 153 g/mol. The summed E-state index contributed by atoms with van der Waals surface area (Å²) in [6, 6.07) is 0. The van der Waals surface area contributed by atoms with Crippen LogP contribution in [-0.4, -0.2) is 12.7 Å². The fourth-order valence-corrected chi connectivity index (χ4v) is 0.461. The van der Waals surface area contributed by atoms with Crippen molar-refractivity contribution < 1.29 is 4.39 Å². The average molecular weight is 154 g/mol. The molecule has 0 aromatic rings. The highest BCUT2D eigenvalue weighted by Crippen LogP contribution is 2.02. The number of hydrogen-bond donors (Lipinski definition) is 1. The molecule has 0 aliphatic carbocycles. The van der Waals surface area contributed by atoms with Gasteiger partial charge in [0.2, 0.25) is 0 Å². The summed E-state index contributed by atoms with van der Waals surface area (Å²) in [5.74, 6) is 0. The number of allylic oxidation sites excluding steroid dienone is 1. The topological polar surface area (TPSA) is 26.0 Å². The molecule has 0 saturated carbocycles. The lowest BCUT2D eigenvalue weighted by atomic mass is 10.2. The molecule has 0 aliphatic rings. The van der Waals surface area contributed by atoms with Gasteiger partial charge in [0.25, 0.3) is 0 Å². The van der Waals surface area contributed by atoms with Crippen molar-refractivity contribution in [3.05, 3.63) is 12.2 Å². The molecule has 0 saturated heterocycles. The summed E-state index contributed by atoms with van der Waals surface area (Å²) in [4.78, 5) is 0. The highest BCUT2D eigenvalue weighted by atomic mass is 35.5. The molecule has 0 amide bonds. The smallest absolute Gasteiger partial charge is 0.116 e. The molecule has 0 aromatic heterocycles. The van der Waals surface area contributed by atoms with Crippen LogP contribution >= 0.6 is 12.4 Å². The van der Waals surface area contributed by atoms with E-state index in [2.05, 4.69) is 6.58 Å². The largest absolute Gasteiger partial charge is 0.328 e. The van der Waals surface area contributed by atoms with E-state index >= 15 is 0 Å². The molecule has 3 heteroatoms. The first-order valence-corrected chi connectivity index (χ1v) is 2.65. The molecular formula is C6H13ClFN. The Morgan fingerprint density at radius 3 is 2.33 bits per heavy atom. The van der Waals surface area contributed by atoms with Crippen molar-refractivity contribution in [2.24, 2.45) is 5.73 Å². The van der Waals surface area contributed by atoms with Crippen molar-refractivity contribution in [3.8, 4) is 0 Å². The third-order valence-corrected chi connectivity index (χ3v) is 0.826. The summed E-state index contributed by atoms with van der Waals surface area (Å²) in [5.41, 5.74) is 5.85. The minimum atomic E-state index is -0.896. The molecule has 1 nitrogen and oxygen atoms in total. The Kier molecular flexibility index (Phi) is 7.85. The quantitative estimate of drug-likeness (QED) is 0.614. The van der Waals surface area contributed by atoms with Gasteiger partial charge in [-0.2, -0.15) is 0 Å². The van der Waals surface area contributed by atoms with Crippen LogP contribution in [0.2, 0.25) is 0 Å². The molecule has 0 spiro atoms. The van der Waals surface area contributed by atoms with Gasteiger partial charge in [-0.25, -0.2) is 4.39 Å². The normalized spacial score (nSPS) is 11.9. The maximum absolute atomic E-state index is 12.2. The molecule has 0 radical (unpaired) electrons. The van der Waals surface area contributed by atoms with E-state index in [-0.39, 0.29) is 19.0 Å². The van der Waals surface area contributed by atoms with Gasteiger partial charge in [0.1, 0.15) is 6.17 Å². The Morgan fingerprint density at radius 2 is 2.22 bits per heavy atom. The van der Waals surface area contributed by atoms with E-state index in [0.717, 1.165) is 5.57 Å². The van der Waals surface area contributed by atoms with E-state index in [9.17, 15) is 4.39 Å². The van der Waals surface area contributed by atoms with E-state index in [4.69, 9.17) is 5.73 Å². The predicted molar refractivity (Wildman–Crippen MR) is 40.6 cm³/mol. The summed E-state index contributed by atoms with van der Waals surface area (Å²) < 4.78 is 12.2. The van der Waals surface area contributed by atoms with E-state index < -0.39 is 6.17 Å². The van der Waals surface area contributed by atoms with Crippen LogP contribution in [0.5, 0.6) is 0 Å². The first-order valence-electron chi connectivity index (χ1n) is 2.65. The second-order valence-electron chi connectivity index (χ2n) is 1.99. The number of nitrogens with two attached hydrogens (primary N) is 1. The molecule has 0 bridgehead atoms. The minimum absolute atomic E-state index is 0. The second-order valence-corrected chi connectivity index (χ2v) is 1.99. The van der Waals surface area contributed by atoms with Gasteiger partial charge in [0, 0.05) is 13.0 Å². The zero-order valence-electron chi connectivity index (χ0n) is 5.56. The Bertz CT molecular complexity index is 85.1. The number of halogens is 2. The molecule has 0 rings (SSSR count). The number of alkyl halides is 1. The van der Waals surface area contributed by atoms with Gasteiger partial charge in [0.15, 0.2) is 0 Å². The minimum Gasteiger partial charge on any atom is -0.328 e. The summed E-state index contributed by atoms with van der Waals surface area (Å²) in [6.45, 7) is 5.45. The van der Waals surface area contributed by atoms with Crippen LogP contribution in [0, 0.1) is 0 Å². The molecule has 0 heterocycles. The average Bonchev–Trinajstić information content (AvgIpc) is 1.65. The summed E-state index contributed by atoms with van der Waals surface area (Å²) in [6.07, 6.45) is -0.497. The van der Waals surface area contributed by atoms with Gasteiger partial charge < -0.3 is 5.73 Å². The van der Waals surface area contributed by atoms with Crippen molar-refractivity contribution in [1.29, 1.82) is 0 Å². The molecule has 9 heavy (non-hydrogen) atoms. The van der Waals surface area contributed by atoms with Crippen LogP contribution in [-0.2, 0) is 0 Å². The third kappa shape index (κ3) is 7.92. The van der Waals surface area contributed by atoms with Crippen molar-refractivity contribution in [2.75, 3.05) is 6.54 Å². The number of hydrogen-bond acceptors (Lipinski definition) is 1. The zero-order valence-corrected chi connectivity index (χ0v) is 6.38. The summed E-state index contributed by atoms with van der Waals surface area (Å²) in [5, 5.41) is 0. The summed E-state index contributed by atoms with van der Waals surface area (Å²) in [7, 11) is 0. The molecule has 1 unspecified atom stereocenters. The van der Waals surface area contributed by atoms with E-state index in [1.54, 1.807) is 6.92 Å². The first kappa shape index (κ1) is 11.7. The number of rotatable bonds is 3. The zero-order chi connectivity index (χ0) is 6.57. The van der Waals surface area contributed by atoms with Crippen molar-refractivity contribution in [2.45, 2.75) is 19.5 Å². The van der Waals surface area contributed by atoms with E-state index in [1.807, 2.05) is 0 Å². The molecule has 0 aliphatic heterocycles. The molecular weight excluding hydrogens is 141 g/mol. The molecule has 0 aromatic carbocycles. The van der Waals surface area contributed by atoms with Crippen LogP contribution in [0.1, 0.15) is 13.3 Å². The van der Waals surface area contributed by atoms with E-state index in [0.29, 0.717) is 6.42 Å². The van der Waals surface area contributed by atoms with Crippen molar-refractivity contribution in [3.63, 3.8) is 0 Å². The Hall–Kier alpha value is -0.0800. The lowest BCUT2D eigenvalue weighted by Crippen LogP contribution is -2.14. The lowest BCUT2D eigenvalue weighted by molar-refractivity contribution is 0.340. The predicted octanol–water partition coefficient (Wildman–Crippen LogP) is 1.67. The van der Waals surface area contributed by atoms with Crippen molar-refractivity contribution >= 4 is 12.4 Å². The fraction of sp³-hybridized carbons (Fsp3) is 0.667. The summed E-state index contributed by atoms with van der Waals surface area (Å²) >= 11 is 0. The van der Waals surface area contributed by atoms with Gasteiger partial charge in [-0.15, -0.1) is 19.0 Å². The molecule has 0 fully saturated rings. The van der Waals surface area contributed by atoms with Gasteiger partial charge in [-0.3, -0.25) is 0 Å². The fourth-order valence-electron chi connectivity index (χ4n) is 0.461. The van der Waals surface area contributed by atoms with Gasteiger partial charge in [0.05, 0.1) is 0 Å². The maximum atomic E-state index is 12.2. The van der Waals surface area contributed by atoms with Crippen LogP contribution < -0.4 is 5.73 Å². The lowest BCUT2D eigenvalue weighted by Gasteiger charge is -2.01. The molecule has 2 N–H and O–H groups in total. The Balaban J connectivity index is 0. The van der Waals surface area contributed by atoms with Gasteiger partial charge in [-0.05, 0) is 6.92 Å². The maximum Gasteiger partial charge on any atom is 0.116 e. The van der Waals surface area contributed by atoms with Crippen LogP contribution in [0.3, 0.4) is 0 Å². The van der Waals surface area contributed by atoms with Crippen molar-refractivity contribution in [1.82, 2.24) is 0 Å². The van der Waals surface area contributed by atoms with Crippen LogP contribution in [0.25, 0.3) is 0 Å². The first-order chi connectivity index (χ1) is 3.66. The SMILES string of the molecule is C=C(C)CC(F)CN.Cl. The Morgan fingerprint density at radius 1 is 1.78 bits per heavy atom. The molecule has 1 atom stereocenters.